The van der Waals surface area contributed by atoms with E-state index in [-0.39, 0.29) is 9.93 Å². The zero-order valence-electron chi connectivity index (χ0n) is 12.0. The van der Waals surface area contributed by atoms with Crippen molar-refractivity contribution in [2.45, 2.75) is 4.90 Å². The topological polar surface area (TPSA) is 72.5 Å². The molecule has 0 saturated heterocycles. The van der Waals surface area contributed by atoms with E-state index in [9.17, 15) is 13.2 Å². The summed E-state index contributed by atoms with van der Waals surface area (Å²) in [6.45, 7) is 0. The lowest BCUT2D eigenvalue weighted by Gasteiger charge is -2.07. The fraction of sp³-hybridized carbons (Fsp3) is 0.0625. The second-order valence-corrected chi connectivity index (χ2v) is 7.06. The molecule has 1 aliphatic heterocycles. The Morgan fingerprint density at radius 1 is 1.09 bits per heavy atom. The third-order valence-electron chi connectivity index (χ3n) is 3.44. The van der Waals surface area contributed by atoms with E-state index in [1.807, 2.05) is 0 Å². The quantitative estimate of drug-likeness (QED) is 0.924. The lowest BCUT2D eigenvalue weighted by molar-refractivity contribution is -0.112. The van der Waals surface area contributed by atoms with Gasteiger partial charge in [0.25, 0.3) is 5.91 Å². The summed E-state index contributed by atoms with van der Waals surface area (Å²) in [6, 6.07) is 12.8. The van der Waals surface area contributed by atoms with E-state index in [4.69, 9.17) is 16.3 Å². The van der Waals surface area contributed by atoms with Crippen LogP contribution in [0.15, 0.2) is 58.3 Å². The van der Waals surface area contributed by atoms with Crippen LogP contribution in [0.3, 0.4) is 0 Å². The number of ether oxygens (including phenoxy) is 1. The van der Waals surface area contributed by atoms with Crippen molar-refractivity contribution in [3.8, 4) is 5.75 Å². The number of nitrogens with one attached hydrogen (secondary N) is 1. The van der Waals surface area contributed by atoms with Gasteiger partial charge in [0.2, 0.25) is 9.84 Å². The Morgan fingerprint density at radius 3 is 2.35 bits per heavy atom. The molecule has 0 aromatic heterocycles. The molecule has 0 atom stereocenters. The fourth-order valence-corrected chi connectivity index (χ4v) is 4.51. The Balaban J connectivity index is 1.95. The van der Waals surface area contributed by atoms with E-state index in [1.54, 1.807) is 42.5 Å². The van der Waals surface area contributed by atoms with E-state index in [2.05, 4.69) is 5.32 Å². The molecule has 0 fully saturated rings. The summed E-state index contributed by atoms with van der Waals surface area (Å²) >= 11 is 6.12. The van der Waals surface area contributed by atoms with Crippen molar-refractivity contribution in [1.29, 1.82) is 0 Å². The predicted octanol–water partition coefficient (Wildman–Crippen LogP) is 3.03. The van der Waals surface area contributed by atoms with Crippen LogP contribution in [0, 0.1) is 0 Å². The number of carbonyl (C=O) groups is 1. The Hall–Kier alpha value is -2.31. The number of benzene rings is 2. The standard InChI is InChI=1S/C16H12ClNO4S/c1-22-11-8-6-10(7-9-11)18-16(19)15-14(17)12-4-2-3-5-13(12)23(15,20)21/h2-9H,1H3,(H,18,19). The summed E-state index contributed by atoms with van der Waals surface area (Å²) in [7, 11) is -2.39. The molecule has 2 aromatic carbocycles. The SMILES string of the molecule is COc1ccc(NC(=O)C2=C(Cl)c3ccccc3S2(=O)=O)cc1. The number of rotatable bonds is 3. The van der Waals surface area contributed by atoms with Crippen LogP contribution in [-0.2, 0) is 14.6 Å². The minimum Gasteiger partial charge on any atom is -0.497 e. The monoisotopic (exact) mass is 349 g/mol. The summed E-state index contributed by atoms with van der Waals surface area (Å²) in [4.78, 5) is 12.0. The van der Waals surface area contributed by atoms with Crippen molar-refractivity contribution in [3.05, 3.63) is 59.0 Å². The van der Waals surface area contributed by atoms with Crippen molar-refractivity contribution in [3.63, 3.8) is 0 Å². The van der Waals surface area contributed by atoms with Crippen LogP contribution < -0.4 is 10.1 Å². The molecular formula is C16H12ClNO4S. The first-order chi connectivity index (χ1) is 10.9. The highest BCUT2D eigenvalue weighted by molar-refractivity contribution is 7.97. The number of hydrogen-bond acceptors (Lipinski definition) is 4. The van der Waals surface area contributed by atoms with Gasteiger partial charge in [-0.2, -0.15) is 0 Å². The lowest BCUT2D eigenvalue weighted by atomic mass is 10.2. The van der Waals surface area contributed by atoms with Crippen molar-refractivity contribution in [1.82, 2.24) is 0 Å². The summed E-state index contributed by atoms with van der Waals surface area (Å²) in [6.07, 6.45) is 0. The number of methoxy groups -OCH3 is 1. The molecule has 1 N–H and O–H groups in total. The van der Waals surface area contributed by atoms with Crippen LogP contribution in [0.1, 0.15) is 5.56 Å². The minimum absolute atomic E-state index is 0.0462. The smallest absolute Gasteiger partial charge is 0.269 e. The van der Waals surface area contributed by atoms with Gasteiger partial charge in [0.1, 0.15) is 5.75 Å². The van der Waals surface area contributed by atoms with Crippen LogP contribution in [0.25, 0.3) is 5.03 Å². The molecule has 2 aromatic rings. The highest BCUT2D eigenvalue weighted by Crippen LogP contribution is 2.41. The second-order valence-electron chi connectivity index (χ2n) is 4.83. The molecule has 3 rings (SSSR count). The largest absolute Gasteiger partial charge is 0.497 e. The van der Waals surface area contributed by atoms with E-state index < -0.39 is 20.6 Å². The highest BCUT2D eigenvalue weighted by Gasteiger charge is 2.39. The van der Waals surface area contributed by atoms with E-state index in [0.29, 0.717) is 17.0 Å². The molecule has 7 heteroatoms. The molecule has 118 valence electrons. The molecule has 1 aliphatic rings. The number of carbonyl (C=O) groups excluding carboxylic acids is 1. The number of amides is 1. The average Bonchev–Trinajstić information content (AvgIpc) is 2.75. The summed E-state index contributed by atoms with van der Waals surface area (Å²) in [5, 5.41) is 2.48. The normalized spacial score (nSPS) is 15.2. The van der Waals surface area contributed by atoms with Crippen molar-refractivity contribution < 1.29 is 17.9 Å². The number of halogens is 1. The van der Waals surface area contributed by atoms with Gasteiger partial charge in [-0.1, -0.05) is 29.8 Å². The van der Waals surface area contributed by atoms with E-state index in [1.165, 1.54) is 13.2 Å². The molecule has 0 bridgehead atoms. The van der Waals surface area contributed by atoms with Gasteiger partial charge in [0.05, 0.1) is 17.0 Å². The molecular weight excluding hydrogens is 338 g/mol. The summed E-state index contributed by atoms with van der Waals surface area (Å²) in [5.41, 5.74) is 0.785. The fourth-order valence-electron chi connectivity index (χ4n) is 2.32. The maximum absolute atomic E-state index is 12.5. The van der Waals surface area contributed by atoms with Gasteiger partial charge in [-0.05, 0) is 30.3 Å². The van der Waals surface area contributed by atoms with Crippen LogP contribution >= 0.6 is 11.6 Å². The van der Waals surface area contributed by atoms with Crippen LogP contribution in [-0.4, -0.2) is 21.4 Å². The molecule has 1 heterocycles. The number of fused-ring (bicyclic) bond motifs is 1. The number of anilines is 1. The third-order valence-corrected chi connectivity index (χ3v) is 5.80. The van der Waals surface area contributed by atoms with Crippen LogP contribution in [0.5, 0.6) is 5.75 Å². The van der Waals surface area contributed by atoms with Gasteiger partial charge in [-0.3, -0.25) is 4.79 Å². The van der Waals surface area contributed by atoms with Gasteiger partial charge in [0.15, 0.2) is 4.91 Å². The molecule has 0 saturated carbocycles. The van der Waals surface area contributed by atoms with Crippen molar-refractivity contribution >= 4 is 38.1 Å². The van der Waals surface area contributed by atoms with Crippen LogP contribution in [0.4, 0.5) is 5.69 Å². The van der Waals surface area contributed by atoms with Gasteiger partial charge in [-0.15, -0.1) is 0 Å². The first kappa shape index (κ1) is 15.6. The highest BCUT2D eigenvalue weighted by atomic mass is 35.5. The Bertz CT molecular complexity index is 917. The molecule has 0 radical (unpaired) electrons. The maximum Gasteiger partial charge on any atom is 0.269 e. The third kappa shape index (κ3) is 2.60. The molecule has 5 nitrogen and oxygen atoms in total. The molecule has 1 amide bonds. The predicted molar refractivity (Wildman–Crippen MR) is 88.0 cm³/mol. The Morgan fingerprint density at radius 2 is 1.74 bits per heavy atom. The molecule has 0 aliphatic carbocycles. The molecule has 23 heavy (non-hydrogen) atoms. The maximum atomic E-state index is 12.5. The number of sulfone groups is 1. The van der Waals surface area contributed by atoms with E-state index >= 15 is 0 Å². The molecule has 0 unspecified atom stereocenters. The second kappa shape index (κ2) is 5.72. The summed E-state index contributed by atoms with van der Waals surface area (Å²) in [5.74, 6) is -0.141. The van der Waals surface area contributed by atoms with Gasteiger partial charge in [-0.25, -0.2) is 8.42 Å². The van der Waals surface area contributed by atoms with Crippen LogP contribution in [0.2, 0.25) is 0 Å². The van der Waals surface area contributed by atoms with Crippen molar-refractivity contribution in [2.75, 3.05) is 12.4 Å². The minimum atomic E-state index is -3.92. The zero-order chi connectivity index (χ0) is 16.6. The first-order valence-electron chi connectivity index (χ1n) is 6.65. The summed E-state index contributed by atoms with van der Waals surface area (Å²) < 4.78 is 30.0. The Kier molecular flexibility index (Phi) is 3.87. The van der Waals surface area contributed by atoms with E-state index in [0.717, 1.165) is 0 Å². The average molecular weight is 350 g/mol. The Labute approximate surface area is 138 Å². The van der Waals surface area contributed by atoms with Gasteiger partial charge < -0.3 is 10.1 Å². The van der Waals surface area contributed by atoms with Gasteiger partial charge >= 0.3 is 0 Å². The lowest BCUT2D eigenvalue weighted by Crippen LogP contribution is -2.19. The first-order valence-corrected chi connectivity index (χ1v) is 8.51. The molecule has 0 spiro atoms. The number of hydrogen-bond donors (Lipinski definition) is 1. The van der Waals surface area contributed by atoms with Crippen molar-refractivity contribution in [2.24, 2.45) is 0 Å². The zero-order valence-corrected chi connectivity index (χ0v) is 13.6. The van der Waals surface area contributed by atoms with Gasteiger partial charge in [0, 0.05) is 11.3 Å².